The molecular weight excluding hydrogens is 255 g/mol. The first-order valence-corrected chi connectivity index (χ1v) is 5.34. The van der Waals surface area contributed by atoms with Crippen molar-refractivity contribution >= 4 is 28.5 Å². The SMILES string of the molecule is CC1CNCCN1C(=O)CI. The molecule has 0 aromatic rings. The van der Waals surface area contributed by atoms with Crippen LogP contribution in [-0.4, -0.2) is 40.9 Å². The summed E-state index contributed by atoms with van der Waals surface area (Å²) in [7, 11) is 0. The average molecular weight is 268 g/mol. The van der Waals surface area contributed by atoms with Crippen LogP contribution in [0.3, 0.4) is 0 Å². The van der Waals surface area contributed by atoms with Crippen molar-refractivity contribution in [1.29, 1.82) is 0 Å². The van der Waals surface area contributed by atoms with E-state index in [1.54, 1.807) is 0 Å². The Hall–Kier alpha value is 0.160. The summed E-state index contributed by atoms with van der Waals surface area (Å²) < 4.78 is 0.599. The van der Waals surface area contributed by atoms with Gasteiger partial charge in [-0.3, -0.25) is 4.79 Å². The summed E-state index contributed by atoms with van der Waals surface area (Å²) in [5.74, 6) is 0.264. The third-order valence-corrected chi connectivity index (χ3v) is 2.59. The molecule has 0 radical (unpaired) electrons. The topological polar surface area (TPSA) is 32.3 Å². The summed E-state index contributed by atoms with van der Waals surface area (Å²) in [6.07, 6.45) is 0. The molecular formula is C7H13IN2O. The number of halogens is 1. The van der Waals surface area contributed by atoms with Gasteiger partial charge >= 0.3 is 0 Å². The number of hydrogen-bond donors (Lipinski definition) is 1. The molecule has 1 N–H and O–H groups in total. The Morgan fingerprint density at radius 1 is 1.82 bits per heavy atom. The number of amides is 1. The summed E-state index contributed by atoms with van der Waals surface area (Å²) in [6, 6.07) is 0.367. The highest BCUT2D eigenvalue weighted by Crippen LogP contribution is 2.03. The predicted molar refractivity (Wildman–Crippen MR) is 52.9 cm³/mol. The summed E-state index contributed by atoms with van der Waals surface area (Å²) in [4.78, 5) is 13.2. The van der Waals surface area contributed by atoms with Gasteiger partial charge in [0, 0.05) is 25.7 Å². The lowest BCUT2D eigenvalue weighted by Crippen LogP contribution is -2.52. The highest BCUT2D eigenvalue weighted by atomic mass is 127. The van der Waals surface area contributed by atoms with E-state index in [0.717, 1.165) is 19.6 Å². The first-order chi connectivity index (χ1) is 5.25. The molecule has 1 aliphatic rings. The fourth-order valence-electron chi connectivity index (χ4n) is 1.29. The summed E-state index contributed by atoms with van der Waals surface area (Å²) in [6.45, 7) is 4.81. The van der Waals surface area contributed by atoms with Crippen molar-refractivity contribution in [2.45, 2.75) is 13.0 Å². The van der Waals surface area contributed by atoms with Crippen LogP contribution in [0.5, 0.6) is 0 Å². The lowest BCUT2D eigenvalue weighted by Gasteiger charge is -2.33. The van der Waals surface area contributed by atoms with Crippen molar-refractivity contribution < 1.29 is 4.79 Å². The second-order valence-corrected chi connectivity index (χ2v) is 3.54. The van der Waals surface area contributed by atoms with Gasteiger partial charge in [-0.05, 0) is 6.92 Å². The van der Waals surface area contributed by atoms with Gasteiger partial charge in [-0.1, -0.05) is 22.6 Å². The van der Waals surface area contributed by atoms with E-state index in [2.05, 4.69) is 34.8 Å². The molecule has 1 atom stereocenters. The van der Waals surface area contributed by atoms with Gasteiger partial charge in [0.2, 0.25) is 5.91 Å². The zero-order valence-corrected chi connectivity index (χ0v) is 8.80. The van der Waals surface area contributed by atoms with E-state index in [1.807, 2.05) is 4.90 Å². The molecule has 3 nitrogen and oxygen atoms in total. The molecule has 0 saturated carbocycles. The Balaban J connectivity index is 2.47. The first kappa shape index (κ1) is 9.25. The van der Waals surface area contributed by atoms with Crippen molar-refractivity contribution in [2.75, 3.05) is 24.1 Å². The fraction of sp³-hybridized carbons (Fsp3) is 0.857. The monoisotopic (exact) mass is 268 g/mol. The molecule has 1 heterocycles. The first-order valence-electron chi connectivity index (χ1n) is 3.82. The molecule has 1 rings (SSSR count). The second kappa shape index (κ2) is 4.25. The Kier molecular flexibility index (Phi) is 3.58. The van der Waals surface area contributed by atoms with E-state index in [4.69, 9.17) is 0 Å². The molecule has 0 aromatic carbocycles. The number of nitrogens with one attached hydrogen (secondary N) is 1. The van der Waals surface area contributed by atoms with Crippen molar-refractivity contribution in [3.63, 3.8) is 0 Å². The minimum absolute atomic E-state index is 0.264. The Bertz CT molecular complexity index is 151. The number of rotatable bonds is 1. The van der Waals surface area contributed by atoms with Gasteiger partial charge in [0.25, 0.3) is 0 Å². The molecule has 0 spiro atoms. The van der Waals surface area contributed by atoms with Gasteiger partial charge < -0.3 is 10.2 Å². The van der Waals surface area contributed by atoms with E-state index in [-0.39, 0.29) is 5.91 Å². The number of nitrogens with zero attached hydrogens (tertiary/aromatic N) is 1. The molecule has 64 valence electrons. The van der Waals surface area contributed by atoms with E-state index >= 15 is 0 Å². The second-order valence-electron chi connectivity index (χ2n) is 2.77. The van der Waals surface area contributed by atoms with E-state index in [9.17, 15) is 4.79 Å². The Morgan fingerprint density at radius 2 is 2.55 bits per heavy atom. The molecule has 1 saturated heterocycles. The van der Waals surface area contributed by atoms with E-state index in [1.165, 1.54) is 0 Å². The van der Waals surface area contributed by atoms with Gasteiger partial charge in [0.05, 0.1) is 4.43 Å². The summed E-state index contributed by atoms with van der Waals surface area (Å²) in [5.41, 5.74) is 0. The maximum absolute atomic E-state index is 11.3. The van der Waals surface area contributed by atoms with Crippen molar-refractivity contribution in [2.24, 2.45) is 0 Å². The molecule has 1 aliphatic heterocycles. The van der Waals surface area contributed by atoms with Crippen LogP contribution >= 0.6 is 22.6 Å². The van der Waals surface area contributed by atoms with Crippen LogP contribution in [0.4, 0.5) is 0 Å². The van der Waals surface area contributed by atoms with Crippen LogP contribution < -0.4 is 5.32 Å². The highest BCUT2D eigenvalue weighted by Gasteiger charge is 2.21. The van der Waals surface area contributed by atoms with Crippen LogP contribution in [-0.2, 0) is 4.79 Å². The molecule has 0 aliphatic carbocycles. The minimum atomic E-state index is 0.264. The predicted octanol–water partition coefficient (Wildman–Crippen LogP) is 0.242. The van der Waals surface area contributed by atoms with Crippen LogP contribution in [0.15, 0.2) is 0 Å². The number of hydrogen-bond acceptors (Lipinski definition) is 2. The molecule has 1 amide bonds. The molecule has 1 fully saturated rings. The van der Waals surface area contributed by atoms with Gasteiger partial charge in [-0.2, -0.15) is 0 Å². The molecule has 4 heteroatoms. The van der Waals surface area contributed by atoms with Gasteiger partial charge in [-0.15, -0.1) is 0 Å². The zero-order valence-electron chi connectivity index (χ0n) is 6.64. The zero-order chi connectivity index (χ0) is 8.27. The average Bonchev–Trinajstić information content (AvgIpc) is 2.04. The van der Waals surface area contributed by atoms with Gasteiger partial charge in [-0.25, -0.2) is 0 Å². The lowest BCUT2D eigenvalue weighted by atomic mass is 10.2. The number of carbonyl (C=O) groups excluding carboxylic acids is 1. The fourth-order valence-corrected chi connectivity index (χ4v) is 1.73. The minimum Gasteiger partial charge on any atom is -0.337 e. The van der Waals surface area contributed by atoms with Crippen molar-refractivity contribution in [3.05, 3.63) is 0 Å². The number of piperazine rings is 1. The molecule has 1 unspecified atom stereocenters. The van der Waals surface area contributed by atoms with Crippen LogP contribution in [0.25, 0.3) is 0 Å². The summed E-state index contributed by atoms with van der Waals surface area (Å²) in [5, 5.41) is 3.25. The van der Waals surface area contributed by atoms with Gasteiger partial charge in [0.15, 0.2) is 0 Å². The third-order valence-electron chi connectivity index (χ3n) is 1.94. The summed E-state index contributed by atoms with van der Waals surface area (Å²) >= 11 is 2.11. The molecule has 11 heavy (non-hydrogen) atoms. The third kappa shape index (κ3) is 2.30. The molecule has 0 aromatic heterocycles. The van der Waals surface area contributed by atoms with E-state index in [0.29, 0.717) is 10.5 Å². The van der Waals surface area contributed by atoms with Crippen LogP contribution in [0.2, 0.25) is 0 Å². The smallest absolute Gasteiger partial charge is 0.232 e. The number of carbonyl (C=O) groups is 1. The van der Waals surface area contributed by atoms with Crippen molar-refractivity contribution in [1.82, 2.24) is 10.2 Å². The largest absolute Gasteiger partial charge is 0.337 e. The van der Waals surface area contributed by atoms with Crippen LogP contribution in [0, 0.1) is 0 Å². The lowest BCUT2D eigenvalue weighted by molar-refractivity contribution is -0.130. The standard InChI is InChI=1S/C7H13IN2O/c1-6-5-9-2-3-10(6)7(11)4-8/h6,9H,2-5H2,1H3. The maximum atomic E-state index is 11.3. The Morgan fingerprint density at radius 3 is 3.09 bits per heavy atom. The normalized spacial score (nSPS) is 25.3. The van der Waals surface area contributed by atoms with Gasteiger partial charge in [0.1, 0.15) is 0 Å². The number of alkyl halides is 1. The molecule has 0 bridgehead atoms. The maximum Gasteiger partial charge on any atom is 0.232 e. The highest BCUT2D eigenvalue weighted by molar-refractivity contribution is 14.1. The van der Waals surface area contributed by atoms with E-state index < -0.39 is 0 Å². The Labute approximate surface area is 80.7 Å². The quantitative estimate of drug-likeness (QED) is 0.546. The van der Waals surface area contributed by atoms with Crippen molar-refractivity contribution in [3.8, 4) is 0 Å². The van der Waals surface area contributed by atoms with Crippen LogP contribution in [0.1, 0.15) is 6.92 Å².